The van der Waals surface area contributed by atoms with Gasteiger partial charge in [-0.2, -0.15) is 0 Å². The van der Waals surface area contributed by atoms with Crippen LogP contribution in [0.3, 0.4) is 0 Å². The van der Waals surface area contributed by atoms with Crippen molar-refractivity contribution in [3.05, 3.63) is 24.3 Å². The van der Waals surface area contributed by atoms with Crippen molar-refractivity contribution in [3.8, 4) is 5.75 Å². The number of aliphatic hydroxyl groups is 1. The van der Waals surface area contributed by atoms with E-state index in [4.69, 9.17) is 15.6 Å². The lowest BCUT2D eigenvalue weighted by Crippen LogP contribution is -2.39. The van der Waals surface area contributed by atoms with Crippen molar-refractivity contribution >= 4 is 9.84 Å². The van der Waals surface area contributed by atoms with E-state index in [0.29, 0.717) is 12.4 Å². The van der Waals surface area contributed by atoms with Crippen LogP contribution in [0, 0.1) is 0 Å². The number of hydrogen-bond acceptors (Lipinski definition) is 5. The van der Waals surface area contributed by atoms with Gasteiger partial charge in [-0.3, -0.25) is 0 Å². The summed E-state index contributed by atoms with van der Waals surface area (Å²) >= 11 is 0. The molecule has 0 aliphatic heterocycles. The Balaban J connectivity index is 2.33. The molecule has 0 aliphatic carbocycles. The van der Waals surface area contributed by atoms with E-state index >= 15 is 0 Å². The average molecular weight is 301 g/mol. The summed E-state index contributed by atoms with van der Waals surface area (Å²) < 4.78 is 28.1. The van der Waals surface area contributed by atoms with Crippen molar-refractivity contribution < 1.29 is 18.3 Å². The van der Waals surface area contributed by atoms with Crippen molar-refractivity contribution in [2.45, 2.75) is 36.6 Å². The molecule has 1 aromatic rings. The molecule has 3 N–H and O–H groups in total. The van der Waals surface area contributed by atoms with Gasteiger partial charge < -0.3 is 15.6 Å². The van der Waals surface area contributed by atoms with Gasteiger partial charge in [0.2, 0.25) is 0 Å². The molecule has 1 rings (SSSR count). The fourth-order valence-electron chi connectivity index (χ4n) is 1.68. The summed E-state index contributed by atoms with van der Waals surface area (Å²) in [5.41, 5.74) is 5.29. The lowest BCUT2D eigenvalue weighted by atomic mass is 9.97. The molecular formula is C14H23NO4S. The summed E-state index contributed by atoms with van der Waals surface area (Å²) in [5.74, 6) is 0.648. The molecule has 114 valence electrons. The van der Waals surface area contributed by atoms with E-state index in [2.05, 4.69) is 0 Å². The van der Waals surface area contributed by atoms with E-state index in [1.54, 1.807) is 12.1 Å². The SMILES string of the molecule is CC(N)(CO)CCCCOc1ccc(S(C)(=O)=O)cc1. The van der Waals surface area contributed by atoms with Crippen LogP contribution in [0.1, 0.15) is 26.2 Å². The van der Waals surface area contributed by atoms with Crippen molar-refractivity contribution in [3.63, 3.8) is 0 Å². The van der Waals surface area contributed by atoms with E-state index in [0.717, 1.165) is 19.3 Å². The molecule has 0 saturated carbocycles. The maximum Gasteiger partial charge on any atom is 0.175 e. The molecule has 0 aromatic heterocycles. The number of hydrogen-bond donors (Lipinski definition) is 2. The second-order valence-corrected chi connectivity index (χ2v) is 7.38. The minimum absolute atomic E-state index is 0.0270. The van der Waals surface area contributed by atoms with Gasteiger partial charge in [0.15, 0.2) is 9.84 Å². The molecular weight excluding hydrogens is 278 g/mol. The molecule has 1 unspecified atom stereocenters. The van der Waals surface area contributed by atoms with Crippen LogP contribution in [0.25, 0.3) is 0 Å². The van der Waals surface area contributed by atoms with Crippen LogP contribution in [-0.2, 0) is 9.84 Å². The van der Waals surface area contributed by atoms with E-state index in [1.807, 2.05) is 6.92 Å². The van der Waals surface area contributed by atoms with E-state index in [-0.39, 0.29) is 11.5 Å². The van der Waals surface area contributed by atoms with Crippen molar-refractivity contribution in [2.75, 3.05) is 19.5 Å². The third-order valence-corrected chi connectivity index (χ3v) is 4.15. The minimum Gasteiger partial charge on any atom is -0.494 e. The molecule has 6 heteroatoms. The highest BCUT2D eigenvalue weighted by atomic mass is 32.2. The largest absolute Gasteiger partial charge is 0.494 e. The number of sulfone groups is 1. The van der Waals surface area contributed by atoms with Crippen LogP contribution in [-0.4, -0.2) is 38.5 Å². The number of ether oxygens (including phenoxy) is 1. The number of aliphatic hydroxyl groups excluding tert-OH is 1. The zero-order valence-electron chi connectivity index (χ0n) is 12.0. The number of nitrogens with two attached hydrogens (primary N) is 1. The molecule has 0 heterocycles. The van der Waals surface area contributed by atoms with Gasteiger partial charge in [0, 0.05) is 11.8 Å². The monoisotopic (exact) mass is 301 g/mol. The molecule has 0 fully saturated rings. The standard InChI is InChI=1S/C14H23NO4S/c1-14(15,11-16)9-3-4-10-19-12-5-7-13(8-6-12)20(2,17)18/h5-8,16H,3-4,9-11,15H2,1-2H3. The Kier molecular flexibility index (Phi) is 5.98. The van der Waals surface area contributed by atoms with Gasteiger partial charge in [0.1, 0.15) is 5.75 Å². The Labute approximate surface area is 120 Å². The van der Waals surface area contributed by atoms with E-state index in [1.165, 1.54) is 18.4 Å². The zero-order valence-corrected chi connectivity index (χ0v) is 12.8. The normalized spacial score (nSPS) is 14.8. The average Bonchev–Trinajstić information content (AvgIpc) is 2.38. The quantitative estimate of drug-likeness (QED) is 0.707. The Morgan fingerprint density at radius 2 is 1.85 bits per heavy atom. The van der Waals surface area contributed by atoms with Crippen molar-refractivity contribution in [2.24, 2.45) is 5.73 Å². The molecule has 0 spiro atoms. The summed E-state index contributed by atoms with van der Waals surface area (Å²) in [7, 11) is -3.16. The second-order valence-electron chi connectivity index (χ2n) is 5.36. The Hall–Kier alpha value is -1.11. The summed E-state index contributed by atoms with van der Waals surface area (Å²) in [6.45, 7) is 2.33. The van der Waals surface area contributed by atoms with Crippen molar-refractivity contribution in [1.82, 2.24) is 0 Å². The highest BCUT2D eigenvalue weighted by Crippen LogP contribution is 2.16. The fraction of sp³-hybridized carbons (Fsp3) is 0.571. The highest BCUT2D eigenvalue weighted by Gasteiger charge is 2.15. The van der Waals surface area contributed by atoms with E-state index < -0.39 is 15.4 Å². The highest BCUT2D eigenvalue weighted by molar-refractivity contribution is 7.90. The predicted octanol–water partition coefficient (Wildman–Crippen LogP) is 1.35. The van der Waals surface area contributed by atoms with Gasteiger partial charge in [-0.05, 0) is 50.5 Å². The third-order valence-electron chi connectivity index (χ3n) is 3.02. The lowest BCUT2D eigenvalue weighted by molar-refractivity contribution is 0.194. The molecule has 0 radical (unpaired) electrons. The summed E-state index contributed by atoms with van der Waals surface area (Å²) in [6.07, 6.45) is 3.61. The zero-order chi connectivity index (χ0) is 15.2. The first-order valence-corrected chi connectivity index (χ1v) is 8.46. The Bertz CT molecular complexity index is 508. The Morgan fingerprint density at radius 1 is 1.25 bits per heavy atom. The lowest BCUT2D eigenvalue weighted by Gasteiger charge is -2.21. The molecule has 1 atom stereocenters. The molecule has 0 amide bonds. The Morgan fingerprint density at radius 3 is 2.35 bits per heavy atom. The number of benzene rings is 1. The minimum atomic E-state index is -3.16. The predicted molar refractivity (Wildman–Crippen MR) is 78.6 cm³/mol. The maximum atomic E-state index is 11.3. The summed E-state index contributed by atoms with van der Waals surface area (Å²) in [5, 5.41) is 9.01. The topological polar surface area (TPSA) is 89.6 Å². The first-order chi connectivity index (χ1) is 9.24. The second kappa shape index (κ2) is 7.06. The van der Waals surface area contributed by atoms with Gasteiger partial charge in [-0.15, -0.1) is 0 Å². The van der Waals surface area contributed by atoms with Gasteiger partial charge in [0.05, 0.1) is 18.1 Å². The molecule has 1 aromatic carbocycles. The van der Waals surface area contributed by atoms with Crippen LogP contribution in [0.15, 0.2) is 29.2 Å². The maximum absolute atomic E-state index is 11.3. The number of rotatable bonds is 8. The van der Waals surface area contributed by atoms with Crippen LogP contribution < -0.4 is 10.5 Å². The van der Waals surface area contributed by atoms with Gasteiger partial charge >= 0.3 is 0 Å². The van der Waals surface area contributed by atoms with Crippen LogP contribution >= 0.6 is 0 Å². The molecule has 0 bridgehead atoms. The fourth-order valence-corrected chi connectivity index (χ4v) is 2.31. The summed E-state index contributed by atoms with van der Waals surface area (Å²) in [4.78, 5) is 0.284. The van der Waals surface area contributed by atoms with E-state index in [9.17, 15) is 8.42 Å². The van der Waals surface area contributed by atoms with Gasteiger partial charge in [-0.1, -0.05) is 0 Å². The summed E-state index contributed by atoms with van der Waals surface area (Å²) in [6, 6.07) is 6.37. The molecule has 0 saturated heterocycles. The molecule has 0 aliphatic rings. The van der Waals surface area contributed by atoms with Crippen molar-refractivity contribution in [1.29, 1.82) is 0 Å². The van der Waals surface area contributed by atoms with Crippen LogP contribution in [0.5, 0.6) is 5.75 Å². The first-order valence-electron chi connectivity index (χ1n) is 6.57. The van der Waals surface area contributed by atoms with Crippen LogP contribution in [0.2, 0.25) is 0 Å². The third kappa shape index (κ3) is 5.90. The van der Waals surface area contributed by atoms with Gasteiger partial charge in [-0.25, -0.2) is 8.42 Å². The van der Waals surface area contributed by atoms with Gasteiger partial charge in [0.25, 0.3) is 0 Å². The smallest absolute Gasteiger partial charge is 0.175 e. The molecule has 20 heavy (non-hydrogen) atoms. The van der Waals surface area contributed by atoms with Crippen LogP contribution in [0.4, 0.5) is 0 Å². The number of unbranched alkanes of at least 4 members (excludes halogenated alkanes) is 1. The molecule has 5 nitrogen and oxygen atoms in total. The first kappa shape index (κ1) is 16.9.